The van der Waals surface area contributed by atoms with Crippen LogP contribution in [0.25, 0.3) is 0 Å². The molecule has 1 rings (SSSR count). The van der Waals surface area contributed by atoms with Gasteiger partial charge in [0.1, 0.15) is 5.84 Å². The Balaban J connectivity index is 2.25. The monoisotopic (exact) mass is 280 g/mol. The van der Waals surface area contributed by atoms with Gasteiger partial charge >= 0.3 is 0 Å². The summed E-state index contributed by atoms with van der Waals surface area (Å²) in [7, 11) is 0. The van der Waals surface area contributed by atoms with Gasteiger partial charge < -0.3 is 10.9 Å². The Morgan fingerprint density at radius 2 is 2.11 bits per heavy atom. The number of hydrogen-bond donors (Lipinski definition) is 2. The first-order chi connectivity index (χ1) is 8.95. The first-order valence-corrected chi connectivity index (χ1v) is 7.62. The van der Waals surface area contributed by atoms with Crippen molar-refractivity contribution in [3.8, 4) is 0 Å². The number of benzene rings is 1. The second-order valence-corrected chi connectivity index (χ2v) is 6.66. The van der Waals surface area contributed by atoms with Crippen LogP contribution < -0.4 is 5.73 Å². The maximum atomic E-state index is 8.71. The Bertz CT molecular complexity index is 430. The molecule has 1 aromatic carbocycles. The molecule has 0 unspecified atom stereocenters. The molecule has 19 heavy (non-hydrogen) atoms. The SMILES string of the molecule is Cc1cccc(SCCCCC(C)(C)/C(N)=N/O)c1. The lowest BCUT2D eigenvalue weighted by Crippen LogP contribution is -2.31. The number of hydrogen-bond acceptors (Lipinski definition) is 3. The van der Waals surface area contributed by atoms with Gasteiger partial charge in [-0.15, -0.1) is 11.8 Å². The van der Waals surface area contributed by atoms with Gasteiger partial charge in [-0.25, -0.2) is 0 Å². The van der Waals surface area contributed by atoms with Gasteiger partial charge in [-0.05, 0) is 37.7 Å². The van der Waals surface area contributed by atoms with E-state index in [0.717, 1.165) is 25.0 Å². The van der Waals surface area contributed by atoms with Crippen LogP contribution in [0, 0.1) is 12.3 Å². The molecule has 1 aromatic rings. The number of oxime groups is 1. The first-order valence-electron chi connectivity index (χ1n) is 6.63. The predicted octanol–water partition coefficient (Wildman–Crippen LogP) is 4.03. The minimum absolute atomic E-state index is 0.219. The number of aryl methyl sites for hydroxylation is 1. The molecular weight excluding hydrogens is 256 g/mol. The lowest BCUT2D eigenvalue weighted by atomic mass is 9.86. The van der Waals surface area contributed by atoms with E-state index in [1.54, 1.807) is 0 Å². The molecule has 0 aliphatic carbocycles. The minimum Gasteiger partial charge on any atom is -0.409 e. The number of nitrogens with zero attached hydrogens (tertiary/aromatic N) is 1. The molecule has 0 aliphatic rings. The second-order valence-electron chi connectivity index (χ2n) is 5.49. The van der Waals surface area contributed by atoms with Crippen LogP contribution in [0.1, 0.15) is 38.7 Å². The molecule has 0 aliphatic heterocycles. The summed E-state index contributed by atoms with van der Waals surface area (Å²) in [6, 6.07) is 8.58. The first kappa shape index (κ1) is 15.9. The van der Waals surface area contributed by atoms with Gasteiger partial charge in [0, 0.05) is 10.3 Å². The Labute approximate surface area is 120 Å². The molecule has 0 spiro atoms. The van der Waals surface area contributed by atoms with Crippen LogP contribution in [0.3, 0.4) is 0 Å². The number of thioether (sulfide) groups is 1. The largest absolute Gasteiger partial charge is 0.409 e. The van der Waals surface area contributed by atoms with Crippen LogP contribution in [0.4, 0.5) is 0 Å². The summed E-state index contributed by atoms with van der Waals surface area (Å²) in [5.74, 6) is 1.43. The van der Waals surface area contributed by atoms with Crippen molar-refractivity contribution < 1.29 is 5.21 Å². The molecule has 3 nitrogen and oxygen atoms in total. The van der Waals surface area contributed by atoms with Crippen molar-refractivity contribution in [3.63, 3.8) is 0 Å². The van der Waals surface area contributed by atoms with E-state index >= 15 is 0 Å². The summed E-state index contributed by atoms with van der Waals surface area (Å²) < 4.78 is 0. The predicted molar refractivity (Wildman–Crippen MR) is 82.9 cm³/mol. The van der Waals surface area contributed by atoms with Gasteiger partial charge in [-0.2, -0.15) is 0 Å². The van der Waals surface area contributed by atoms with E-state index in [1.807, 2.05) is 25.6 Å². The average molecular weight is 280 g/mol. The van der Waals surface area contributed by atoms with Crippen LogP contribution in [-0.2, 0) is 0 Å². The summed E-state index contributed by atoms with van der Waals surface area (Å²) in [4.78, 5) is 1.33. The molecule has 0 saturated carbocycles. The highest BCUT2D eigenvalue weighted by molar-refractivity contribution is 7.99. The summed E-state index contributed by atoms with van der Waals surface area (Å²) >= 11 is 1.89. The fraction of sp³-hybridized carbons (Fsp3) is 0.533. The van der Waals surface area contributed by atoms with E-state index in [-0.39, 0.29) is 5.41 Å². The molecule has 0 heterocycles. The second kappa shape index (κ2) is 7.43. The lowest BCUT2D eigenvalue weighted by Gasteiger charge is -2.22. The molecule has 0 radical (unpaired) electrons. The molecule has 106 valence electrons. The van der Waals surface area contributed by atoms with E-state index in [2.05, 4.69) is 36.3 Å². The van der Waals surface area contributed by atoms with Crippen molar-refractivity contribution in [1.29, 1.82) is 0 Å². The highest BCUT2D eigenvalue weighted by Crippen LogP contribution is 2.25. The van der Waals surface area contributed by atoms with Crippen molar-refractivity contribution in [2.45, 2.75) is 44.9 Å². The third kappa shape index (κ3) is 5.55. The smallest absolute Gasteiger partial charge is 0.144 e. The zero-order valence-electron chi connectivity index (χ0n) is 12.0. The average Bonchev–Trinajstić information content (AvgIpc) is 2.37. The molecule has 0 bridgehead atoms. The van der Waals surface area contributed by atoms with Crippen LogP contribution in [0.15, 0.2) is 34.3 Å². The minimum atomic E-state index is -0.219. The van der Waals surface area contributed by atoms with E-state index in [1.165, 1.54) is 10.5 Å². The maximum Gasteiger partial charge on any atom is 0.144 e. The Hall–Kier alpha value is -1.16. The maximum absolute atomic E-state index is 8.71. The number of amidine groups is 1. The Kier molecular flexibility index (Phi) is 6.22. The Morgan fingerprint density at radius 1 is 1.37 bits per heavy atom. The molecular formula is C15H24N2OS. The van der Waals surface area contributed by atoms with Gasteiger partial charge in [-0.1, -0.05) is 43.1 Å². The van der Waals surface area contributed by atoms with Gasteiger partial charge in [0.2, 0.25) is 0 Å². The fourth-order valence-corrected chi connectivity index (χ4v) is 2.86. The zero-order chi connectivity index (χ0) is 14.3. The highest BCUT2D eigenvalue weighted by Gasteiger charge is 2.22. The van der Waals surface area contributed by atoms with Crippen molar-refractivity contribution in [2.75, 3.05) is 5.75 Å². The molecule has 0 fully saturated rings. The van der Waals surface area contributed by atoms with Gasteiger partial charge in [0.05, 0.1) is 0 Å². The fourth-order valence-electron chi connectivity index (χ4n) is 1.83. The number of rotatable bonds is 7. The molecule has 4 heteroatoms. The van der Waals surface area contributed by atoms with E-state index < -0.39 is 0 Å². The summed E-state index contributed by atoms with van der Waals surface area (Å²) in [6.45, 7) is 6.13. The highest BCUT2D eigenvalue weighted by atomic mass is 32.2. The third-order valence-corrected chi connectivity index (χ3v) is 4.34. The van der Waals surface area contributed by atoms with Gasteiger partial charge in [0.25, 0.3) is 0 Å². The molecule has 0 saturated heterocycles. The van der Waals surface area contributed by atoms with Crippen molar-refractivity contribution >= 4 is 17.6 Å². The van der Waals surface area contributed by atoms with E-state index in [0.29, 0.717) is 5.84 Å². The molecule has 0 aromatic heterocycles. The van der Waals surface area contributed by atoms with Crippen LogP contribution in [0.5, 0.6) is 0 Å². The molecule has 3 N–H and O–H groups in total. The quantitative estimate of drug-likeness (QED) is 0.198. The van der Waals surface area contributed by atoms with Gasteiger partial charge in [-0.3, -0.25) is 0 Å². The molecule has 0 atom stereocenters. The zero-order valence-corrected chi connectivity index (χ0v) is 12.8. The van der Waals surface area contributed by atoms with E-state index in [4.69, 9.17) is 10.9 Å². The number of nitrogens with two attached hydrogens (primary N) is 1. The summed E-state index contributed by atoms with van der Waals surface area (Å²) in [5, 5.41) is 11.8. The van der Waals surface area contributed by atoms with Crippen molar-refractivity contribution in [2.24, 2.45) is 16.3 Å². The topological polar surface area (TPSA) is 58.6 Å². The summed E-state index contributed by atoms with van der Waals surface area (Å²) in [6.07, 6.45) is 3.17. The van der Waals surface area contributed by atoms with Crippen LogP contribution >= 0.6 is 11.8 Å². The van der Waals surface area contributed by atoms with Gasteiger partial charge in [0.15, 0.2) is 0 Å². The molecule has 0 amide bonds. The van der Waals surface area contributed by atoms with Crippen LogP contribution in [-0.4, -0.2) is 16.8 Å². The standard InChI is InChI=1S/C15H24N2OS/c1-12-7-6-8-13(11-12)19-10-5-4-9-15(2,3)14(16)17-18/h6-8,11,18H,4-5,9-10H2,1-3H3,(H2,16,17). The Morgan fingerprint density at radius 3 is 2.74 bits per heavy atom. The third-order valence-electron chi connectivity index (χ3n) is 3.26. The van der Waals surface area contributed by atoms with Crippen molar-refractivity contribution in [3.05, 3.63) is 29.8 Å². The number of unbranched alkanes of at least 4 members (excludes halogenated alkanes) is 1. The van der Waals surface area contributed by atoms with Crippen molar-refractivity contribution in [1.82, 2.24) is 0 Å². The van der Waals surface area contributed by atoms with Crippen LogP contribution in [0.2, 0.25) is 0 Å². The normalized spacial score (nSPS) is 12.7. The summed E-state index contributed by atoms with van der Waals surface area (Å²) in [5.41, 5.74) is 6.75. The lowest BCUT2D eigenvalue weighted by molar-refractivity contribution is 0.304. The van der Waals surface area contributed by atoms with E-state index in [9.17, 15) is 0 Å².